The van der Waals surface area contributed by atoms with E-state index in [0.29, 0.717) is 11.0 Å². The van der Waals surface area contributed by atoms with E-state index < -0.39 is 17.2 Å². The quantitative estimate of drug-likeness (QED) is 0.720. The molecule has 0 aliphatic heterocycles. The van der Waals surface area contributed by atoms with Gasteiger partial charge in [0.25, 0.3) is 0 Å². The summed E-state index contributed by atoms with van der Waals surface area (Å²) in [4.78, 5) is 31.0. The number of aromatic nitrogens is 4. The summed E-state index contributed by atoms with van der Waals surface area (Å²) in [5, 5.41) is 11.3. The van der Waals surface area contributed by atoms with E-state index in [1.807, 2.05) is 0 Å². The van der Waals surface area contributed by atoms with E-state index in [1.54, 1.807) is 31.5 Å². The topological polar surface area (TPSA) is 113 Å². The number of hydrogen-bond donors (Lipinski definition) is 3. The van der Waals surface area contributed by atoms with Crippen LogP contribution in [0.15, 0.2) is 29.7 Å². The normalized spacial score (nSPS) is 11.7. The summed E-state index contributed by atoms with van der Waals surface area (Å²) < 4.78 is 0. The lowest BCUT2D eigenvalue weighted by Crippen LogP contribution is -2.41. The minimum absolute atomic E-state index is 0.408. The van der Waals surface area contributed by atoms with Crippen molar-refractivity contribution in [3.63, 3.8) is 0 Å². The van der Waals surface area contributed by atoms with Gasteiger partial charge >= 0.3 is 6.03 Å². The van der Waals surface area contributed by atoms with Gasteiger partial charge in [-0.15, -0.1) is 5.10 Å². The van der Waals surface area contributed by atoms with Crippen molar-refractivity contribution in [1.82, 2.24) is 30.8 Å². The van der Waals surface area contributed by atoms with Crippen LogP contribution >= 0.6 is 11.8 Å². The number of H-pyrrole nitrogens is 1. The van der Waals surface area contributed by atoms with E-state index in [2.05, 4.69) is 30.8 Å². The Morgan fingerprint density at radius 3 is 2.71 bits per heavy atom. The van der Waals surface area contributed by atoms with Crippen LogP contribution in [0, 0.1) is 0 Å². The van der Waals surface area contributed by atoms with Gasteiger partial charge in [0.05, 0.1) is 5.25 Å². The number of carbonyl (C=O) groups is 2. The molecule has 110 valence electrons. The first-order chi connectivity index (χ1) is 10.1. The van der Waals surface area contributed by atoms with E-state index in [-0.39, 0.29) is 0 Å². The highest BCUT2D eigenvalue weighted by atomic mass is 32.2. The molecule has 2 heterocycles. The Labute approximate surface area is 125 Å². The van der Waals surface area contributed by atoms with Crippen molar-refractivity contribution in [2.24, 2.45) is 0 Å². The minimum atomic E-state index is -0.542. The van der Waals surface area contributed by atoms with E-state index in [9.17, 15) is 9.59 Å². The van der Waals surface area contributed by atoms with Gasteiger partial charge in [0.1, 0.15) is 0 Å². The molecule has 0 aromatic carbocycles. The zero-order chi connectivity index (χ0) is 15.2. The highest BCUT2D eigenvalue weighted by Crippen LogP contribution is 2.22. The monoisotopic (exact) mass is 306 g/mol. The van der Waals surface area contributed by atoms with Crippen LogP contribution in [0.4, 0.5) is 4.79 Å². The van der Waals surface area contributed by atoms with Crippen LogP contribution in [-0.4, -0.2) is 44.4 Å². The SMILES string of the molecule is CNC(=O)NC(=O)[C@@H](C)Sc1n[nH]c(-c2ccncc2)n1. The lowest BCUT2D eigenvalue weighted by Gasteiger charge is -2.08. The van der Waals surface area contributed by atoms with Gasteiger partial charge in [0.15, 0.2) is 5.82 Å². The fourth-order valence-electron chi connectivity index (χ4n) is 1.43. The minimum Gasteiger partial charge on any atom is -0.341 e. The van der Waals surface area contributed by atoms with Crippen LogP contribution in [0.5, 0.6) is 0 Å². The highest BCUT2D eigenvalue weighted by molar-refractivity contribution is 8.00. The molecule has 0 radical (unpaired) electrons. The van der Waals surface area contributed by atoms with Crippen LogP contribution in [0.3, 0.4) is 0 Å². The van der Waals surface area contributed by atoms with Crippen molar-refractivity contribution in [2.75, 3.05) is 7.05 Å². The lowest BCUT2D eigenvalue weighted by atomic mass is 10.3. The molecule has 2 aromatic heterocycles. The predicted molar refractivity (Wildman–Crippen MR) is 77.5 cm³/mol. The van der Waals surface area contributed by atoms with Crippen molar-refractivity contribution < 1.29 is 9.59 Å². The van der Waals surface area contributed by atoms with Crippen molar-refractivity contribution in [2.45, 2.75) is 17.3 Å². The molecule has 3 amide bonds. The Hall–Kier alpha value is -2.42. The average molecular weight is 306 g/mol. The van der Waals surface area contributed by atoms with Crippen LogP contribution in [0.2, 0.25) is 0 Å². The number of imide groups is 1. The Bertz CT molecular complexity index is 630. The number of amides is 3. The van der Waals surface area contributed by atoms with E-state index in [4.69, 9.17) is 0 Å². The van der Waals surface area contributed by atoms with Crippen LogP contribution in [0.25, 0.3) is 11.4 Å². The second-order valence-corrected chi connectivity index (χ2v) is 5.34. The average Bonchev–Trinajstić information content (AvgIpc) is 2.96. The molecule has 0 fully saturated rings. The van der Waals surface area contributed by atoms with Gasteiger partial charge in [0, 0.05) is 25.0 Å². The molecular weight excluding hydrogens is 292 g/mol. The summed E-state index contributed by atoms with van der Waals surface area (Å²) in [6.45, 7) is 1.67. The van der Waals surface area contributed by atoms with E-state index in [0.717, 1.165) is 17.3 Å². The summed E-state index contributed by atoms with van der Waals surface area (Å²) >= 11 is 1.16. The Morgan fingerprint density at radius 2 is 2.05 bits per heavy atom. The van der Waals surface area contributed by atoms with Crippen LogP contribution < -0.4 is 10.6 Å². The molecule has 0 saturated carbocycles. The largest absolute Gasteiger partial charge is 0.341 e. The van der Waals surface area contributed by atoms with Gasteiger partial charge in [-0.25, -0.2) is 9.78 Å². The number of carbonyl (C=O) groups excluding carboxylic acids is 2. The summed E-state index contributed by atoms with van der Waals surface area (Å²) in [5.74, 6) is 0.188. The smallest absolute Gasteiger partial charge is 0.321 e. The summed E-state index contributed by atoms with van der Waals surface area (Å²) in [6, 6.07) is 3.06. The van der Waals surface area contributed by atoms with Gasteiger partial charge in [-0.3, -0.25) is 20.2 Å². The van der Waals surface area contributed by atoms with E-state index in [1.165, 1.54) is 7.05 Å². The number of nitrogens with one attached hydrogen (secondary N) is 3. The van der Waals surface area contributed by atoms with Gasteiger partial charge in [-0.2, -0.15) is 0 Å². The maximum absolute atomic E-state index is 11.7. The van der Waals surface area contributed by atoms with Gasteiger partial charge in [-0.1, -0.05) is 11.8 Å². The second-order valence-electron chi connectivity index (χ2n) is 4.03. The standard InChI is InChI=1S/C12H14N6O2S/c1-7(10(19)16-11(20)13-2)21-12-15-9(17-18-12)8-3-5-14-6-4-8/h3-7H,1-2H3,(H,15,17,18)(H2,13,16,19,20)/t7-/m1/s1. The lowest BCUT2D eigenvalue weighted by molar-refractivity contribution is -0.119. The number of rotatable bonds is 4. The Kier molecular flexibility index (Phi) is 4.88. The second kappa shape index (κ2) is 6.84. The maximum atomic E-state index is 11.7. The predicted octanol–water partition coefficient (Wildman–Crippen LogP) is 0.803. The fraction of sp³-hybridized carbons (Fsp3) is 0.250. The molecule has 2 aromatic rings. The third-order valence-corrected chi connectivity index (χ3v) is 3.49. The van der Waals surface area contributed by atoms with Crippen LogP contribution in [-0.2, 0) is 4.79 Å². The molecule has 0 bridgehead atoms. The molecule has 0 aliphatic carbocycles. The highest BCUT2D eigenvalue weighted by Gasteiger charge is 2.18. The zero-order valence-corrected chi connectivity index (χ0v) is 12.3. The first-order valence-corrected chi connectivity index (χ1v) is 7.00. The van der Waals surface area contributed by atoms with Gasteiger partial charge in [-0.05, 0) is 19.1 Å². The number of nitrogens with zero attached hydrogens (tertiary/aromatic N) is 3. The fourth-order valence-corrected chi connectivity index (χ4v) is 2.15. The Balaban J connectivity index is 1.99. The number of aromatic amines is 1. The summed E-state index contributed by atoms with van der Waals surface area (Å²) in [5.41, 5.74) is 0.854. The van der Waals surface area contributed by atoms with Crippen molar-refractivity contribution >= 4 is 23.7 Å². The summed E-state index contributed by atoms with van der Waals surface area (Å²) in [6.07, 6.45) is 3.31. The molecular formula is C12H14N6O2S. The van der Waals surface area contributed by atoms with Crippen molar-refractivity contribution in [1.29, 1.82) is 0 Å². The number of hydrogen-bond acceptors (Lipinski definition) is 6. The van der Waals surface area contributed by atoms with Crippen molar-refractivity contribution in [3.8, 4) is 11.4 Å². The molecule has 9 heteroatoms. The molecule has 0 spiro atoms. The first kappa shape index (κ1) is 15.0. The van der Waals surface area contributed by atoms with Gasteiger partial charge in [0.2, 0.25) is 11.1 Å². The molecule has 0 saturated heterocycles. The van der Waals surface area contributed by atoms with Crippen molar-refractivity contribution in [3.05, 3.63) is 24.5 Å². The third-order valence-electron chi connectivity index (χ3n) is 2.53. The number of pyridine rings is 1. The van der Waals surface area contributed by atoms with E-state index >= 15 is 0 Å². The Morgan fingerprint density at radius 1 is 1.33 bits per heavy atom. The first-order valence-electron chi connectivity index (χ1n) is 6.12. The molecule has 3 N–H and O–H groups in total. The summed E-state index contributed by atoms with van der Waals surface area (Å²) in [7, 11) is 1.44. The number of thioether (sulfide) groups is 1. The molecule has 0 unspecified atom stereocenters. The zero-order valence-electron chi connectivity index (χ0n) is 11.5. The third kappa shape index (κ3) is 4.02. The number of urea groups is 1. The molecule has 2 rings (SSSR count). The molecule has 8 nitrogen and oxygen atoms in total. The molecule has 1 atom stereocenters. The maximum Gasteiger partial charge on any atom is 0.321 e. The molecule has 0 aliphatic rings. The molecule has 21 heavy (non-hydrogen) atoms. The van der Waals surface area contributed by atoms with Gasteiger partial charge < -0.3 is 5.32 Å². The van der Waals surface area contributed by atoms with Crippen LogP contribution in [0.1, 0.15) is 6.92 Å².